The maximum Gasteiger partial charge on any atom is 0.194 e. The van der Waals surface area contributed by atoms with Gasteiger partial charge in [-0.3, -0.25) is 9.67 Å². The van der Waals surface area contributed by atoms with Crippen molar-refractivity contribution >= 4 is 5.96 Å². The Bertz CT molecular complexity index is 539. The predicted octanol–water partition coefficient (Wildman–Crippen LogP) is 0.808. The summed E-state index contributed by atoms with van der Waals surface area (Å²) in [5.41, 5.74) is 1.22. The second-order valence-corrected chi connectivity index (χ2v) is 6.41. The molecule has 2 aliphatic heterocycles. The summed E-state index contributed by atoms with van der Waals surface area (Å²) < 4.78 is 13.6. The van der Waals surface area contributed by atoms with Gasteiger partial charge in [-0.2, -0.15) is 5.10 Å². The lowest BCUT2D eigenvalue weighted by Crippen LogP contribution is -2.53. The molecule has 0 saturated carbocycles. The number of rotatable bonds is 5. The molecule has 3 heterocycles. The summed E-state index contributed by atoms with van der Waals surface area (Å²) in [5.74, 6) is 0.979. The summed E-state index contributed by atoms with van der Waals surface area (Å²) in [6, 6.07) is 0. The zero-order valence-electron chi connectivity index (χ0n) is 14.8. The molecule has 24 heavy (non-hydrogen) atoms. The van der Waals surface area contributed by atoms with Gasteiger partial charge in [0.05, 0.1) is 18.9 Å². The quantitative estimate of drug-likeness (QED) is 0.637. The number of aryl methyl sites for hydroxylation is 1. The molecule has 2 aliphatic rings. The third-order valence-corrected chi connectivity index (χ3v) is 4.53. The van der Waals surface area contributed by atoms with E-state index < -0.39 is 0 Å². The smallest absolute Gasteiger partial charge is 0.194 e. The van der Waals surface area contributed by atoms with Crippen LogP contribution in [0.25, 0.3) is 0 Å². The number of hydrogen-bond donors (Lipinski definition) is 1. The van der Waals surface area contributed by atoms with Crippen molar-refractivity contribution in [3.8, 4) is 0 Å². The number of nitrogens with zero attached hydrogens (tertiary/aromatic N) is 4. The normalized spacial score (nSPS) is 25.2. The molecule has 1 aromatic rings. The highest BCUT2D eigenvalue weighted by molar-refractivity contribution is 5.80. The van der Waals surface area contributed by atoms with Gasteiger partial charge in [0, 0.05) is 46.0 Å². The summed E-state index contributed by atoms with van der Waals surface area (Å²) in [5, 5.41) is 7.62. The molecule has 0 aliphatic carbocycles. The van der Waals surface area contributed by atoms with E-state index in [9.17, 15) is 0 Å². The van der Waals surface area contributed by atoms with Crippen molar-refractivity contribution in [1.29, 1.82) is 0 Å². The van der Waals surface area contributed by atoms with Gasteiger partial charge in [-0.1, -0.05) is 0 Å². The Morgan fingerprint density at radius 2 is 2.25 bits per heavy atom. The molecule has 1 N–H and O–H groups in total. The van der Waals surface area contributed by atoms with Crippen LogP contribution in [0.3, 0.4) is 0 Å². The van der Waals surface area contributed by atoms with Gasteiger partial charge in [-0.05, 0) is 31.7 Å². The Labute approximate surface area is 144 Å². The molecule has 0 bridgehead atoms. The highest BCUT2D eigenvalue weighted by atomic mass is 16.5. The fraction of sp³-hybridized carbons (Fsp3) is 0.765. The molecule has 0 spiro atoms. The average molecular weight is 335 g/mol. The fourth-order valence-electron chi connectivity index (χ4n) is 3.31. The predicted molar refractivity (Wildman–Crippen MR) is 93.2 cm³/mol. The third-order valence-electron chi connectivity index (χ3n) is 4.53. The first-order chi connectivity index (χ1) is 11.8. The molecule has 2 atom stereocenters. The lowest BCUT2D eigenvalue weighted by atomic mass is 10.1. The largest absolute Gasteiger partial charge is 0.375 e. The van der Waals surface area contributed by atoms with Crippen LogP contribution in [-0.4, -0.2) is 72.2 Å². The zero-order valence-corrected chi connectivity index (χ0v) is 14.8. The van der Waals surface area contributed by atoms with Gasteiger partial charge in [0.25, 0.3) is 0 Å². The molecular weight excluding hydrogens is 306 g/mol. The molecule has 134 valence electrons. The fourth-order valence-corrected chi connectivity index (χ4v) is 3.31. The van der Waals surface area contributed by atoms with E-state index in [1.807, 2.05) is 24.1 Å². The molecule has 1 aromatic heterocycles. The molecule has 2 unspecified atom stereocenters. The lowest BCUT2D eigenvalue weighted by molar-refractivity contribution is -0.0817. The summed E-state index contributed by atoms with van der Waals surface area (Å²) in [6.07, 6.45) is 7.50. The molecule has 0 amide bonds. The maximum absolute atomic E-state index is 5.94. The topological polar surface area (TPSA) is 63.9 Å². The van der Waals surface area contributed by atoms with E-state index in [1.54, 1.807) is 0 Å². The van der Waals surface area contributed by atoms with Gasteiger partial charge in [-0.25, -0.2) is 0 Å². The molecule has 0 radical (unpaired) electrons. The van der Waals surface area contributed by atoms with Crippen molar-refractivity contribution in [3.63, 3.8) is 0 Å². The van der Waals surface area contributed by atoms with Gasteiger partial charge >= 0.3 is 0 Å². The summed E-state index contributed by atoms with van der Waals surface area (Å²) >= 11 is 0. The summed E-state index contributed by atoms with van der Waals surface area (Å²) in [7, 11) is 1.94. The number of hydrogen-bond acceptors (Lipinski definition) is 4. The van der Waals surface area contributed by atoms with Crippen LogP contribution in [0.4, 0.5) is 0 Å². The van der Waals surface area contributed by atoms with E-state index in [0.29, 0.717) is 0 Å². The van der Waals surface area contributed by atoms with Crippen molar-refractivity contribution in [3.05, 3.63) is 18.0 Å². The Balaban J connectivity index is 1.57. The highest BCUT2D eigenvalue weighted by Gasteiger charge is 2.32. The monoisotopic (exact) mass is 335 g/mol. The Hall–Kier alpha value is -1.60. The van der Waals surface area contributed by atoms with Crippen LogP contribution in [0.5, 0.6) is 0 Å². The van der Waals surface area contributed by atoms with Crippen LogP contribution in [0, 0.1) is 0 Å². The van der Waals surface area contributed by atoms with E-state index in [4.69, 9.17) is 14.5 Å². The van der Waals surface area contributed by atoms with Gasteiger partial charge in [-0.15, -0.1) is 0 Å². The Kier molecular flexibility index (Phi) is 6.09. The van der Waals surface area contributed by atoms with Crippen molar-refractivity contribution in [2.75, 3.05) is 39.4 Å². The molecule has 7 nitrogen and oxygen atoms in total. The SMILES string of the molecule is CCNC(=NCCc1cnn(C)c1)N1CCOC(C2CCCO2)C1. The van der Waals surface area contributed by atoms with E-state index in [2.05, 4.69) is 22.2 Å². The van der Waals surface area contributed by atoms with E-state index >= 15 is 0 Å². The standard InChI is InChI=1S/C17H29N5O2/c1-3-18-17(19-7-6-14-11-20-21(2)12-14)22-8-10-24-16(13-22)15-5-4-9-23-15/h11-12,15-16H,3-10,13H2,1-2H3,(H,18,19). The second-order valence-electron chi connectivity index (χ2n) is 6.41. The zero-order chi connectivity index (χ0) is 16.8. The maximum atomic E-state index is 5.94. The van der Waals surface area contributed by atoms with Crippen molar-refractivity contribution < 1.29 is 9.47 Å². The van der Waals surface area contributed by atoms with E-state index in [1.165, 1.54) is 5.56 Å². The number of nitrogens with one attached hydrogen (secondary N) is 1. The lowest BCUT2D eigenvalue weighted by Gasteiger charge is -2.37. The third kappa shape index (κ3) is 4.48. The number of aromatic nitrogens is 2. The molecule has 2 saturated heterocycles. The first-order valence-corrected chi connectivity index (χ1v) is 9.00. The van der Waals surface area contributed by atoms with Crippen LogP contribution in [0.1, 0.15) is 25.3 Å². The van der Waals surface area contributed by atoms with Gasteiger partial charge in [0.2, 0.25) is 0 Å². The van der Waals surface area contributed by atoms with E-state index in [-0.39, 0.29) is 12.2 Å². The minimum atomic E-state index is 0.156. The van der Waals surface area contributed by atoms with Crippen LogP contribution in [0.2, 0.25) is 0 Å². The molecule has 0 aromatic carbocycles. The highest BCUT2D eigenvalue weighted by Crippen LogP contribution is 2.21. The first kappa shape index (κ1) is 17.2. The number of morpholine rings is 1. The van der Waals surface area contributed by atoms with E-state index in [0.717, 1.165) is 64.6 Å². The first-order valence-electron chi connectivity index (χ1n) is 9.00. The molecule has 2 fully saturated rings. The van der Waals surface area contributed by atoms with Gasteiger partial charge in [0.15, 0.2) is 5.96 Å². The molecule has 3 rings (SSSR count). The van der Waals surface area contributed by atoms with Crippen LogP contribution in [0.15, 0.2) is 17.4 Å². The summed E-state index contributed by atoms with van der Waals surface area (Å²) in [4.78, 5) is 7.11. The minimum Gasteiger partial charge on any atom is -0.375 e. The molecule has 7 heteroatoms. The number of ether oxygens (including phenoxy) is 2. The molecular formula is C17H29N5O2. The number of aliphatic imine (C=N–C) groups is 1. The second kappa shape index (κ2) is 8.48. The summed E-state index contributed by atoms with van der Waals surface area (Å²) in [6.45, 7) is 7.06. The Morgan fingerprint density at radius 3 is 2.96 bits per heavy atom. The van der Waals surface area contributed by atoms with Crippen molar-refractivity contribution in [2.45, 2.75) is 38.4 Å². The Morgan fingerprint density at radius 1 is 1.38 bits per heavy atom. The van der Waals surface area contributed by atoms with Crippen molar-refractivity contribution in [2.24, 2.45) is 12.0 Å². The van der Waals surface area contributed by atoms with Crippen LogP contribution >= 0.6 is 0 Å². The van der Waals surface area contributed by atoms with Gasteiger partial charge in [0.1, 0.15) is 6.10 Å². The van der Waals surface area contributed by atoms with Crippen LogP contribution < -0.4 is 5.32 Å². The van der Waals surface area contributed by atoms with Gasteiger partial charge < -0.3 is 19.7 Å². The van der Waals surface area contributed by atoms with Crippen molar-refractivity contribution in [1.82, 2.24) is 20.0 Å². The minimum absolute atomic E-state index is 0.156. The average Bonchev–Trinajstić information content (AvgIpc) is 3.26. The van der Waals surface area contributed by atoms with Crippen LogP contribution in [-0.2, 0) is 22.9 Å². The number of guanidine groups is 1.